The van der Waals surface area contributed by atoms with Gasteiger partial charge in [-0.25, -0.2) is 4.39 Å². The lowest BCUT2D eigenvalue weighted by molar-refractivity contribution is -0.385. The van der Waals surface area contributed by atoms with Gasteiger partial charge in [-0.3, -0.25) is 15.1 Å². The smallest absolute Gasteiger partial charge is 0.272 e. The molecule has 6 nitrogen and oxygen atoms in total. The zero-order chi connectivity index (χ0) is 19.0. The van der Waals surface area contributed by atoms with Gasteiger partial charge in [-0.1, -0.05) is 6.08 Å². The van der Waals surface area contributed by atoms with Crippen LogP contribution in [0.1, 0.15) is 11.3 Å². The molecule has 138 valence electrons. The van der Waals surface area contributed by atoms with E-state index in [0.29, 0.717) is 5.75 Å². The minimum absolute atomic E-state index is 0.0541. The van der Waals surface area contributed by atoms with Crippen molar-refractivity contribution in [2.75, 3.05) is 20.1 Å². The van der Waals surface area contributed by atoms with Crippen molar-refractivity contribution in [2.24, 2.45) is 0 Å². The molecule has 1 aliphatic rings. The van der Waals surface area contributed by atoms with Gasteiger partial charge in [-0.05, 0) is 31.2 Å². The molecule has 8 heteroatoms. The highest BCUT2D eigenvalue weighted by Gasteiger charge is 2.17. The first-order valence-electron chi connectivity index (χ1n) is 8.39. The van der Waals surface area contributed by atoms with Crippen LogP contribution in [0.25, 0.3) is 15.8 Å². The summed E-state index contributed by atoms with van der Waals surface area (Å²) in [5.41, 5.74) is 1.76. The molecule has 0 N–H and O–H groups in total. The zero-order valence-electron chi connectivity index (χ0n) is 14.5. The van der Waals surface area contributed by atoms with E-state index >= 15 is 0 Å². The number of hydrogen-bond donors (Lipinski definition) is 0. The fourth-order valence-electron chi connectivity index (χ4n) is 2.95. The molecule has 0 atom stereocenters. The minimum Gasteiger partial charge on any atom is -0.453 e. The maximum absolute atomic E-state index is 14.2. The molecule has 0 amide bonds. The summed E-state index contributed by atoms with van der Waals surface area (Å²) in [4.78, 5) is 17.9. The van der Waals surface area contributed by atoms with Crippen molar-refractivity contribution in [3.8, 4) is 11.5 Å². The molecule has 0 radical (unpaired) electrons. The molecule has 0 saturated carbocycles. The van der Waals surface area contributed by atoms with Crippen molar-refractivity contribution in [1.29, 1.82) is 0 Å². The molecule has 0 bridgehead atoms. The fourth-order valence-corrected chi connectivity index (χ4v) is 4.09. The van der Waals surface area contributed by atoms with Gasteiger partial charge in [0.2, 0.25) is 0 Å². The maximum atomic E-state index is 14.2. The topological polar surface area (TPSA) is 68.5 Å². The van der Waals surface area contributed by atoms with Crippen LogP contribution in [0.4, 0.5) is 10.1 Å². The summed E-state index contributed by atoms with van der Waals surface area (Å²) in [6.45, 7) is 1.92. The molecule has 2 aromatic heterocycles. The van der Waals surface area contributed by atoms with E-state index in [-0.39, 0.29) is 11.4 Å². The second kappa shape index (κ2) is 7.05. The van der Waals surface area contributed by atoms with Crippen molar-refractivity contribution in [1.82, 2.24) is 9.88 Å². The lowest BCUT2D eigenvalue weighted by Gasteiger charge is -2.21. The number of non-ortho nitro benzene ring substituents is 1. The standard InChI is InChI=1S/C19H16FN3O3S/c1-22-8-5-12(6-9-22)18-11-15-19(27-18)17(4-7-21-15)26-16-3-2-13(23(24)25)10-14(16)20/h2-5,7,10-11H,6,8-9H2,1H3. The Morgan fingerprint density at radius 2 is 2.15 bits per heavy atom. The largest absolute Gasteiger partial charge is 0.453 e. The Labute approximate surface area is 158 Å². The van der Waals surface area contributed by atoms with Crippen LogP contribution in [-0.4, -0.2) is 34.9 Å². The van der Waals surface area contributed by atoms with Crippen LogP contribution in [0.5, 0.6) is 11.5 Å². The molecule has 4 rings (SSSR count). The van der Waals surface area contributed by atoms with E-state index in [1.54, 1.807) is 23.6 Å². The number of nitro groups is 1. The summed E-state index contributed by atoms with van der Waals surface area (Å²) < 4.78 is 20.7. The molecule has 0 spiro atoms. The van der Waals surface area contributed by atoms with Crippen LogP contribution < -0.4 is 4.74 Å². The van der Waals surface area contributed by atoms with Gasteiger partial charge in [0, 0.05) is 36.3 Å². The third kappa shape index (κ3) is 3.54. The number of nitro benzene ring substituents is 1. The molecule has 0 unspecified atom stereocenters. The molecular formula is C19H16FN3O3S. The summed E-state index contributed by atoms with van der Waals surface area (Å²) in [6, 6.07) is 7.05. The highest BCUT2D eigenvalue weighted by molar-refractivity contribution is 7.20. The second-order valence-corrected chi connectivity index (χ2v) is 7.40. The van der Waals surface area contributed by atoms with Gasteiger partial charge in [0.05, 0.1) is 21.2 Å². The molecular weight excluding hydrogens is 369 g/mol. The van der Waals surface area contributed by atoms with Crippen LogP contribution in [0.15, 0.2) is 42.6 Å². The van der Waals surface area contributed by atoms with Crippen molar-refractivity contribution < 1.29 is 14.1 Å². The van der Waals surface area contributed by atoms with Crippen LogP contribution in [0.2, 0.25) is 0 Å². The van der Waals surface area contributed by atoms with Crippen LogP contribution in [0.3, 0.4) is 0 Å². The zero-order valence-corrected chi connectivity index (χ0v) is 15.3. The first kappa shape index (κ1) is 17.6. The first-order chi connectivity index (χ1) is 13.0. The van der Waals surface area contributed by atoms with Crippen molar-refractivity contribution >= 4 is 32.8 Å². The molecule has 1 aromatic carbocycles. The lowest BCUT2D eigenvalue weighted by atomic mass is 10.1. The number of pyridine rings is 1. The van der Waals surface area contributed by atoms with Gasteiger partial charge in [-0.2, -0.15) is 0 Å². The molecule has 1 aliphatic heterocycles. The predicted octanol–water partition coefficient (Wildman–Crippen LogP) is 4.85. The van der Waals surface area contributed by atoms with E-state index in [4.69, 9.17) is 4.74 Å². The van der Waals surface area contributed by atoms with Crippen molar-refractivity contribution in [3.63, 3.8) is 0 Å². The van der Waals surface area contributed by atoms with E-state index in [0.717, 1.165) is 40.7 Å². The minimum atomic E-state index is -0.774. The normalized spacial score (nSPS) is 15.0. The van der Waals surface area contributed by atoms with E-state index in [9.17, 15) is 14.5 Å². The summed E-state index contributed by atoms with van der Waals surface area (Å²) in [7, 11) is 2.09. The average Bonchev–Trinajstić information content (AvgIpc) is 3.09. The first-order valence-corrected chi connectivity index (χ1v) is 9.21. The van der Waals surface area contributed by atoms with Gasteiger partial charge in [0.25, 0.3) is 5.69 Å². The van der Waals surface area contributed by atoms with E-state index < -0.39 is 10.7 Å². The van der Waals surface area contributed by atoms with Crippen LogP contribution in [0, 0.1) is 15.9 Å². The summed E-state index contributed by atoms with van der Waals surface area (Å²) in [6.07, 6.45) is 4.79. The monoisotopic (exact) mass is 385 g/mol. The summed E-state index contributed by atoms with van der Waals surface area (Å²) in [5.74, 6) is -0.344. The maximum Gasteiger partial charge on any atom is 0.272 e. The Kier molecular flexibility index (Phi) is 4.59. The molecule has 3 aromatic rings. The van der Waals surface area contributed by atoms with Crippen molar-refractivity contribution in [2.45, 2.75) is 6.42 Å². The molecule has 0 aliphatic carbocycles. The van der Waals surface area contributed by atoms with Gasteiger partial charge < -0.3 is 9.64 Å². The Morgan fingerprint density at radius 1 is 1.30 bits per heavy atom. The van der Waals surface area contributed by atoms with Crippen LogP contribution in [-0.2, 0) is 0 Å². The number of hydrogen-bond acceptors (Lipinski definition) is 6. The SMILES string of the molecule is CN1CC=C(c2cc3nccc(Oc4ccc([N+](=O)[O-])cc4F)c3s2)CC1. The van der Waals surface area contributed by atoms with Crippen LogP contribution >= 0.6 is 11.3 Å². The fraction of sp³-hybridized carbons (Fsp3) is 0.211. The van der Waals surface area contributed by atoms with E-state index in [1.807, 2.05) is 6.07 Å². The van der Waals surface area contributed by atoms with Gasteiger partial charge in [-0.15, -0.1) is 11.3 Å². The highest BCUT2D eigenvalue weighted by Crippen LogP contribution is 2.39. The predicted molar refractivity (Wildman–Crippen MR) is 103 cm³/mol. The summed E-state index contributed by atoms with van der Waals surface area (Å²) in [5, 5.41) is 10.8. The number of likely N-dealkylation sites (N-methyl/N-ethyl adjacent to an activating group) is 1. The molecule has 0 fully saturated rings. The van der Waals surface area contributed by atoms with E-state index in [2.05, 4.69) is 23.0 Å². The van der Waals surface area contributed by atoms with Gasteiger partial charge in [0.15, 0.2) is 11.6 Å². The number of nitrogens with zero attached hydrogens (tertiary/aromatic N) is 3. The number of fused-ring (bicyclic) bond motifs is 1. The number of halogens is 1. The van der Waals surface area contributed by atoms with Crippen molar-refractivity contribution in [3.05, 3.63) is 63.4 Å². The molecule has 27 heavy (non-hydrogen) atoms. The third-order valence-corrected chi connectivity index (χ3v) is 5.67. The number of benzene rings is 1. The Balaban J connectivity index is 1.68. The summed E-state index contributed by atoms with van der Waals surface area (Å²) >= 11 is 1.56. The Morgan fingerprint density at radius 3 is 2.85 bits per heavy atom. The molecule has 0 saturated heterocycles. The number of thiophene rings is 1. The van der Waals surface area contributed by atoms with Gasteiger partial charge >= 0.3 is 0 Å². The Bertz CT molecular complexity index is 1060. The number of rotatable bonds is 4. The Hall–Kier alpha value is -2.84. The van der Waals surface area contributed by atoms with E-state index in [1.165, 1.54) is 17.7 Å². The number of ether oxygens (including phenoxy) is 1. The highest BCUT2D eigenvalue weighted by atomic mass is 32.1. The lowest BCUT2D eigenvalue weighted by Crippen LogP contribution is -2.23. The average molecular weight is 385 g/mol. The molecule has 3 heterocycles. The quantitative estimate of drug-likeness (QED) is 0.474. The number of aromatic nitrogens is 1. The third-order valence-electron chi connectivity index (χ3n) is 4.45. The van der Waals surface area contributed by atoms with Gasteiger partial charge in [0.1, 0.15) is 5.75 Å². The second-order valence-electron chi connectivity index (χ2n) is 6.35.